The summed E-state index contributed by atoms with van der Waals surface area (Å²) in [4.78, 5) is 11.1. The van der Waals surface area contributed by atoms with Crippen molar-refractivity contribution >= 4 is 17.6 Å². The van der Waals surface area contributed by atoms with Crippen molar-refractivity contribution in [1.82, 2.24) is 5.32 Å². The molecule has 0 aromatic carbocycles. The van der Waals surface area contributed by atoms with Crippen LogP contribution in [0.4, 0.5) is 0 Å². The largest absolute Gasteiger partial charge is 0.434 e. The zero-order chi connectivity index (χ0) is 11.0. The van der Waals surface area contributed by atoms with Gasteiger partial charge in [-0.1, -0.05) is 6.58 Å². The molecule has 0 aliphatic rings. The molecule has 0 rings (SSSR count). The maximum atomic E-state index is 11.1. The fourth-order valence-electron chi connectivity index (χ4n) is 0.796. The predicted molar refractivity (Wildman–Crippen MR) is 55.8 cm³/mol. The van der Waals surface area contributed by atoms with Crippen LogP contribution >= 0.6 is 11.6 Å². The first-order chi connectivity index (χ1) is 6.63. The molecular weight excluding hydrogens is 206 g/mol. The lowest BCUT2D eigenvalue weighted by molar-refractivity contribution is -0.137. The van der Waals surface area contributed by atoms with E-state index in [4.69, 9.17) is 23.1 Å². The van der Waals surface area contributed by atoms with Gasteiger partial charge in [-0.2, -0.15) is 0 Å². The molecule has 0 spiro atoms. The standard InChI is InChI=1S/C8H16ClN3O2/c1-2-14-8(13)7(9)6(11)5-12-4-3-10/h2,6-7,12H,1,3-5,10-11H2. The number of alkyl halides is 1. The van der Waals surface area contributed by atoms with Gasteiger partial charge in [-0.3, -0.25) is 0 Å². The Morgan fingerprint density at radius 3 is 2.86 bits per heavy atom. The van der Waals surface area contributed by atoms with E-state index in [0.29, 0.717) is 19.6 Å². The third kappa shape index (κ3) is 5.18. The molecule has 0 aliphatic heterocycles. The second-order valence-electron chi connectivity index (χ2n) is 2.66. The lowest BCUT2D eigenvalue weighted by Crippen LogP contribution is -2.45. The SMILES string of the molecule is C=COC(=O)C(Cl)C(N)CNCCN. The summed E-state index contributed by atoms with van der Waals surface area (Å²) in [6.07, 6.45) is 1.03. The summed E-state index contributed by atoms with van der Waals surface area (Å²) in [6.45, 7) is 4.80. The highest BCUT2D eigenvalue weighted by molar-refractivity contribution is 6.30. The Morgan fingerprint density at radius 1 is 1.71 bits per heavy atom. The number of rotatable bonds is 7. The van der Waals surface area contributed by atoms with E-state index >= 15 is 0 Å². The van der Waals surface area contributed by atoms with Crippen LogP contribution < -0.4 is 16.8 Å². The highest BCUT2D eigenvalue weighted by Gasteiger charge is 2.23. The second kappa shape index (κ2) is 7.75. The second-order valence-corrected chi connectivity index (χ2v) is 3.13. The molecule has 5 N–H and O–H groups in total. The molecule has 0 aromatic heterocycles. The summed E-state index contributed by atoms with van der Waals surface area (Å²) in [5.41, 5.74) is 10.9. The Hall–Kier alpha value is -0.620. The molecule has 0 heterocycles. The molecule has 0 amide bonds. The lowest BCUT2D eigenvalue weighted by atomic mass is 10.2. The van der Waals surface area contributed by atoms with Crippen molar-refractivity contribution in [3.8, 4) is 0 Å². The Morgan fingerprint density at radius 2 is 2.36 bits per heavy atom. The number of hydrogen-bond acceptors (Lipinski definition) is 5. The molecule has 2 unspecified atom stereocenters. The Labute approximate surface area is 88.4 Å². The number of halogens is 1. The highest BCUT2D eigenvalue weighted by Crippen LogP contribution is 2.03. The summed E-state index contributed by atoms with van der Waals surface area (Å²) >= 11 is 5.72. The van der Waals surface area contributed by atoms with Crippen molar-refractivity contribution in [3.63, 3.8) is 0 Å². The molecule has 82 valence electrons. The molecule has 0 radical (unpaired) electrons. The van der Waals surface area contributed by atoms with Crippen LogP contribution in [0.3, 0.4) is 0 Å². The van der Waals surface area contributed by atoms with Gasteiger partial charge in [-0.15, -0.1) is 11.6 Å². The molecule has 0 aromatic rings. The number of nitrogens with two attached hydrogens (primary N) is 2. The van der Waals surface area contributed by atoms with E-state index in [-0.39, 0.29) is 0 Å². The van der Waals surface area contributed by atoms with Gasteiger partial charge in [0.05, 0.1) is 6.26 Å². The van der Waals surface area contributed by atoms with Gasteiger partial charge in [0, 0.05) is 25.7 Å². The van der Waals surface area contributed by atoms with Crippen LogP contribution in [-0.4, -0.2) is 37.0 Å². The van der Waals surface area contributed by atoms with Gasteiger partial charge in [0.1, 0.15) is 5.38 Å². The van der Waals surface area contributed by atoms with Crippen molar-refractivity contribution in [1.29, 1.82) is 0 Å². The Kier molecular flexibility index (Phi) is 7.41. The van der Waals surface area contributed by atoms with E-state index in [0.717, 1.165) is 6.26 Å². The van der Waals surface area contributed by atoms with Crippen molar-refractivity contribution in [2.24, 2.45) is 11.5 Å². The van der Waals surface area contributed by atoms with Crippen molar-refractivity contribution in [3.05, 3.63) is 12.8 Å². The number of carbonyl (C=O) groups is 1. The van der Waals surface area contributed by atoms with E-state index in [9.17, 15) is 4.79 Å². The smallest absolute Gasteiger partial charge is 0.330 e. The Balaban J connectivity index is 3.79. The molecule has 0 saturated carbocycles. The fourth-order valence-corrected chi connectivity index (χ4v) is 0.937. The van der Waals surface area contributed by atoms with Crippen LogP contribution in [0.15, 0.2) is 12.8 Å². The third-order valence-electron chi connectivity index (χ3n) is 1.50. The van der Waals surface area contributed by atoms with Gasteiger partial charge in [-0.05, 0) is 0 Å². The van der Waals surface area contributed by atoms with E-state index in [2.05, 4.69) is 16.6 Å². The van der Waals surface area contributed by atoms with Crippen molar-refractivity contribution in [2.75, 3.05) is 19.6 Å². The van der Waals surface area contributed by atoms with Crippen LogP contribution in [-0.2, 0) is 9.53 Å². The topological polar surface area (TPSA) is 90.4 Å². The number of ether oxygens (including phenoxy) is 1. The molecule has 6 heteroatoms. The number of nitrogens with one attached hydrogen (secondary N) is 1. The normalized spacial score (nSPS) is 14.5. The van der Waals surface area contributed by atoms with E-state index < -0.39 is 17.4 Å². The Bertz CT molecular complexity index is 189. The zero-order valence-corrected chi connectivity index (χ0v) is 8.67. The minimum absolute atomic E-state index is 0.414. The third-order valence-corrected chi connectivity index (χ3v) is 2.00. The van der Waals surface area contributed by atoms with E-state index in [1.807, 2.05) is 0 Å². The quantitative estimate of drug-likeness (QED) is 0.226. The van der Waals surface area contributed by atoms with Crippen LogP contribution in [0, 0.1) is 0 Å². The van der Waals surface area contributed by atoms with Gasteiger partial charge < -0.3 is 21.5 Å². The summed E-state index contributed by atoms with van der Waals surface area (Å²) in [5.74, 6) is -0.594. The lowest BCUT2D eigenvalue weighted by Gasteiger charge is -2.16. The average Bonchev–Trinajstić information content (AvgIpc) is 2.17. The minimum atomic E-state index is -0.877. The molecule has 0 fully saturated rings. The molecule has 14 heavy (non-hydrogen) atoms. The summed E-state index contributed by atoms with van der Waals surface area (Å²) < 4.78 is 4.49. The zero-order valence-electron chi connectivity index (χ0n) is 7.91. The van der Waals surface area contributed by atoms with E-state index in [1.54, 1.807) is 0 Å². The molecule has 0 aliphatic carbocycles. The van der Waals surface area contributed by atoms with Crippen molar-refractivity contribution < 1.29 is 9.53 Å². The monoisotopic (exact) mass is 221 g/mol. The molecule has 5 nitrogen and oxygen atoms in total. The first-order valence-electron chi connectivity index (χ1n) is 4.25. The predicted octanol–water partition coefficient (Wildman–Crippen LogP) is -0.844. The van der Waals surface area contributed by atoms with Crippen LogP contribution in [0.2, 0.25) is 0 Å². The first kappa shape index (κ1) is 13.4. The highest BCUT2D eigenvalue weighted by atomic mass is 35.5. The molecule has 0 bridgehead atoms. The fraction of sp³-hybridized carbons (Fsp3) is 0.625. The maximum absolute atomic E-state index is 11.1. The van der Waals surface area contributed by atoms with Crippen LogP contribution in [0.25, 0.3) is 0 Å². The van der Waals surface area contributed by atoms with Gasteiger partial charge in [0.15, 0.2) is 0 Å². The van der Waals surface area contributed by atoms with Gasteiger partial charge in [-0.25, -0.2) is 4.79 Å². The van der Waals surface area contributed by atoms with Crippen LogP contribution in [0.5, 0.6) is 0 Å². The summed E-state index contributed by atoms with van der Waals surface area (Å²) in [7, 11) is 0. The number of carbonyl (C=O) groups excluding carboxylic acids is 1. The summed E-state index contributed by atoms with van der Waals surface area (Å²) in [5, 5.41) is 2.07. The molecule has 0 saturated heterocycles. The molecule has 2 atom stereocenters. The summed E-state index contributed by atoms with van der Waals surface area (Å²) in [6, 6.07) is -0.504. The van der Waals surface area contributed by atoms with Crippen LogP contribution in [0.1, 0.15) is 0 Å². The number of esters is 1. The average molecular weight is 222 g/mol. The maximum Gasteiger partial charge on any atom is 0.330 e. The minimum Gasteiger partial charge on any atom is -0.434 e. The van der Waals surface area contributed by atoms with Crippen molar-refractivity contribution in [2.45, 2.75) is 11.4 Å². The number of hydrogen-bond donors (Lipinski definition) is 3. The van der Waals surface area contributed by atoms with E-state index in [1.165, 1.54) is 0 Å². The first-order valence-corrected chi connectivity index (χ1v) is 4.69. The van der Waals surface area contributed by atoms with Gasteiger partial charge in [0.2, 0.25) is 0 Å². The molecular formula is C8H16ClN3O2. The van der Waals surface area contributed by atoms with Gasteiger partial charge in [0.25, 0.3) is 0 Å². The van der Waals surface area contributed by atoms with Gasteiger partial charge >= 0.3 is 5.97 Å².